The van der Waals surface area contributed by atoms with Gasteiger partial charge in [-0.2, -0.15) is 5.10 Å². The maximum Gasteiger partial charge on any atom is 0.237 e. The summed E-state index contributed by atoms with van der Waals surface area (Å²) in [6.07, 6.45) is 3.81. The highest BCUT2D eigenvalue weighted by molar-refractivity contribution is 8.00. The molecule has 0 N–H and O–H groups in total. The first-order valence-electron chi connectivity index (χ1n) is 8.04. The van der Waals surface area contributed by atoms with Gasteiger partial charge in [-0.1, -0.05) is 54.2 Å². The Balaban J connectivity index is 1.53. The summed E-state index contributed by atoms with van der Waals surface area (Å²) in [6, 6.07) is 16.2. The van der Waals surface area contributed by atoms with Gasteiger partial charge in [0, 0.05) is 23.0 Å². The number of benzene rings is 2. The molecule has 3 aromatic rings. The molecule has 0 bridgehead atoms. The molecule has 0 saturated carbocycles. The van der Waals surface area contributed by atoms with E-state index >= 15 is 0 Å². The molecule has 120 valence electrons. The molecule has 0 atom stereocenters. The van der Waals surface area contributed by atoms with Crippen LogP contribution in [0.1, 0.15) is 12.0 Å². The average molecular weight is 335 g/mol. The first-order chi connectivity index (χ1) is 11.8. The smallest absolute Gasteiger partial charge is 0.237 e. The van der Waals surface area contributed by atoms with Crippen molar-refractivity contribution in [3.63, 3.8) is 0 Å². The number of aromatic nitrogens is 2. The van der Waals surface area contributed by atoms with Gasteiger partial charge in [0.15, 0.2) is 0 Å². The third kappa shape index (κ3) is 2.87. The molecule has 0 aliphatic carbocycles. The van der Waals surface area contributed by atoms with Crippen LogP contribution < -0.4 is 4.90 Å². The van der Waals surface area contributed by atoms with Gasteiger partial charge in [-0.3, -0.25) is 4.79 Å². The normalized spacial score (nSPS) is 13.8. The van der Waals surface area contributed by atoms with Crippen molar-refractivity contribution in [2.75, 3.05) is 17.2 Å². The number of anilines is 1. The lowest BCUT2D eigenvalue weighted by molar-refractivity contribution is -0.116. The fourth-order valence-corrected chi connectivity index (χ4v) is 3.97. The van der Waals surface area contributed by atoms with Crippen molar-refractivity contribution in [2.45, 2.75) is 17.9 Å². The lowest BCUT2D eigenvalue weighted by atomic mass is 10.0. The summed E-state index contributed by atoms with van der Waals surface area (Å²) in [5.41, 5.74) is 2.31. The largest absolute Gasteiger partial charge is 0.311 e. The van der Waals surface area contributed by atoms with Crippen molar-refractivity contribution < 1.29 is 4.79 Å². The van der Waals surface area contributed by atoms with Gasteiger partial charge in [0.25, 0.3) is 0 Å². The second-order valence-corrected chi connectivity index (χ2v) is 6.77. The zero-order valence-electron chi connectivity index (χ0n) is 13.2. The van der Waals surface area contributed by atoms with Crippen LogP contribution in [0.2, 0.25) is 0 Å². The van der Waals surface area contributed by atoms with Gasteiger partial charge in [-0.05, 0) is 24.5 Å². The second-order valence-electron chi connectivity index (χ2n) is 5.80. The van der Waals surface area contributed by atoms with Crippen molar-refractivity contribution in [2.24, 2.45) is 0 Å². The Kier molecular flexibility index (Phi) is 4.17. The minimum atomic E-state index is 0.127. The number of para-hydroxylation sites is 1. The van der Waals surface area contributed by atoms with E-state index in [9.17, 15) is 4.79 Å². The quantitative estimate of drug-likeness (QED) is 0.685. The zero-order chi connectivity index (χ0) is 16.4. The Hall–Kier alpha value is -2.40. The molecule has 4 rings (SSSR count). The monoisotopic (exact) mass is 335 g/mol. The Morgan fingerprint density at radius 3 is 2.92 bits per heavy atom. The van der Waals surface area contributed by atoms with Gasteiger partial charge in [0.2, 0.25) is 5.91 Å². The SMILES string of the molecule is O=C(CSc1nncc2ccccc12)N1CCCc2ccccc21. The standard InChI is InChI=1S/C19H17N3OS/c23-18(22-11-5-8-14-6-2-4-10-17(14)22)13-24-19-16-9-3-1-7-15(16)12-20-21-19/h1-4,6-7,9-10,12H,5,8,11,13H2. The lowest BCUT2D eigenvalue weighted by Crippen LogP contribution is -2.36. The Labute approximate surface area is 144 Å². The lowest BCUT2D eigenvalue weighted by Gasteiger charge is -2.29. The number of carbonyl (C=O) groups is 1. The number of fused-ring (bicyclic) bond motifs is 2. The highest BCUT2D eigenvalue weighted by Gasteiger charge is 2.22. The summed E-state index contributed by atoms with van der Waals surface area (Å²) < 4.78 is 0. The number of rotatable bonds is 3. The van der Waals surface area contributed by atoms with E-state index in [2.05, 4.69) is 16.3 Å². The molecular weight excluding hydrogens is 318 g/mol. The number of carbonyl (C=O) groups excluding carboxylic acids is 1. The summed E-state index contributed by atoms with van der Waals surface area (Å²) in [4.78, 5) is 14.6. The Morgan fingerprint density at radius 1 is 1.12 bits per heavy atom. The zero-order valence-corrected chi connectivity index (χ0v) is 14.0. The van der Waals surface area contributed by atoms with Crippen LogP contribution in [-0.4, -0.2) is 28.4 Å². The van der Waals surface area contributed by atoms with Crippen LogP contribution in [0.4, 0.5) is 5.69 Å². The van der Waals surface area contributed by atoms with Crippen molar-refractivity contribution >= 4 is 34.1 Å². The highest BCUT2D eigenvalue weighted by atomic mass is 32.2. The van der Waals surface area contributed by atoms with E-state index in [0.717, 1.165) is 40.9 Å². The molecule has 1 amide bonds. The van der Waals surface area contributed by atoms with Crippen LogP contribution in [-0.2, 0) is 11.2 Å². The van der Waals surface area contributed by atoms with Gasteiger partial charge in [0.1, 0.15) is 5.03 Å². The van der Waals surface area contributed by atoms with Crippen LogP contribution in [0.5, 0.6) is 0 Å². The minimum Gasteiger partial charge on any atom is -0.311 e. The van der Waals surface area contributed by atoms with Crippen LogP contribution in [0.25, 0.3) is 10.8 Å². The molecule has 24 heavy (non-hydrogen) atoms. The van der Waals surface area contributed by atoms with Gasteiger partial charge < -0.3 is 4.90 Å². The minimum absolute atomic E-state index is 0.127. The summed E-state index contributed by atoms with van der Waals surface area (Å²) in [6.45, 7) is 0.789. The molecular formula is C19H17N3OS. The Bertz CT molecular complexity index is 891. The number of nitrogens with zero attached hydrogens (tertiary/aromatic N) is 3. The van der Waals surface area contributed by atoms with Gasteiger partial charge in [-0.15, -0.1) is 5.10 Å². The fraction of sp³-hybridized carbons (Fsp3) is 0.211. The van der Waals surface area contributed by atoms with E-state index in [1.807, 2.05) is 47.4 Å². The number of hydrogen-bond donors (Lipinski definition) is 0. The molecule has 5 heteroatoms. The molecule has 1 aliphatic heterocycles. The summed E-state index contributed by atoms with van der Waals surface area (Å²) in [5, 5.41) is 11.2. The highest BCUT2D eigenvalue weighted by Crippen LogP contribution is 2.29. The predicted molar refractivity (Wildman–Crippen MR) is 97.4 cm³/mol. The van der Waals surface area contributed by atoms with Crippen molar-refractivity contribution in [1.29, 1.82) is 0 Å². The van der Waals surface area contributed by atoms with Crippen LogP contribution in [0.3, 0.4) is 0 Å². The second kappa shape index (κ2) is 6.61. The molecule has 2 heterocycles. The number of thioether (sulfide) groups is 1. The first kappa shape index (κ1) is 15.1. The van der Waals surface area contributed by atoms with Crippen LogP contribution in [0.15, 0.2) is 59.8 Å². The third-order valence-electron chi connectivity index (χ3n) is 4.28. The molecule has 0 spiro atoms. The van der Waals surface area contributed by atoms with E-state index in [0.29, 0.717) is 5.75 Å². The summed E-state index contributed by atoms with van der Waals surface area (Å²) in [7, 11) is 0. The van der Waals surface area contributed by atoms with E-state index < -0.39 is 0 Å². The van der Waals surface area contributed by atoms with E-state index in [1.165, 1.54) is 17.3 Å². The molecule has 1 aromatic heterocycles. The van der Waals surface area contributed by atoms with Crippen molar-refractivity contribution in [3.8, 4) is 0 Å². The number of amides is 1. The summed E-state index contributed by atoms with van der Waals surface area (Å²) >= 11 is 1.46. The van der Waals surface area contributed by atoms with E-state index in [-0.39, 0.29) is 5.91 Å². The first-order valence-corrected chi connectivity index (χ1v) is 9.03. The molecule has 0 unspecified atom stereocenters. The maximum atomic E-state index is 12.7. The average Bonchev–Trinajstić information content (AvgIpc) is 2.65. The maximum absolute atomic E-state index is 12.7. The molecule has 0 fully saturated rings. The van der Waals surface area contributed by atoms with Crippen molar-refractivity contribution in [1.82, 2.24) is 10.2 Å². The topological polar surface area (TPSA) is 46.1 Å². The van der Waals surface area contributed by atoms with Gasteiger partial charge in [0.05, 0.1) is 11.9 Å². The van der Waals surface area contributed by atoms with Gasteiger partial charge in [-0.25, -0.2) is 0 Å². The Morgan fingerprint density at radius 2 is 1.96 bits per heavy atom. The molecule has 0 radical (unpaired) electrons. The van der Waals surface area contributed by atoms with Crippen molar-refractivity contribution in [3.05, 3.63) is 60.3 Å². The van der Waals surface area contributed by atoms with Gasteiger partial charge >= 0.3 is 0 Å². The molecule has 0 saturated heterocycles. The van der Waals surface area contributed by atoms with E-state index in [4.69, 9.17) is 0 Å². The third-order valence-corrected chi connectivity index (χ3v) is 5.25. The number of hydrogen-bond acceptors (Lipinski definition) is 4. The fourth-order valence-electron chi connectivity index (χ4n) is 3.11. The summed E-state index contributed by atoms with van der Waals surface area (Å²) in [5.74, 6) is 0.499. The van der Waals surface area contributed by atoms with E-state index in [1.54, 1.807) is 6.20 Å². The predicted octanol–water partition coefficient (Wildman–Crippen LogP) is 3.70. The van der Waals surface area contributed by atoms with Crippen LogP contribution >= 0.6 is 11.8 Å². The van der Waals surface area contributed by atoms with Crippen LogP contribution in [0, 0.1) is 0 Å². The molecule has 4 nitrogen and oxygen atoms in total. The molecule has 1 aliphatic rings. The molecule has 2 aromatic carbocycles. The number of aryl methyl sites for hydroxylation is 1.